The van der Waals surface area contributed by atoms with Crippen LogP contribution in [0, 0.1) is 38.7 Å². The van der Waals surface area contributed by atoms with E-state index >= 15 is 0 Å². The zero-order valence-corrected chi connectivity index (χ0v) is 9.44. The van der Waals surface area contributed by atoms with Gasteiger partial charge in [-0.3, -0.25) is 14.9 Å². The summed E-state index contributed by atoms with van der Waals surface area (Å²) in [4.78, 5) is 21.5. The molecule has 0 spiro atoms. The summed E-state index contributed by atoms with van der Waals surface area (Å²) in [5.74, 6) is -0.510. The molecule has 0 bridgehead atoms. The van der Waals surface area contributed by atoms with Gasteiger partial charge in [0.1, 0.15) is 0 Å². The second kappa shape index (κ2) is 6.16. The third kappa shape index (κ3) is 3.42. The molecule has 0 radical (unpaired) electrons. The zero-order valence-electron chi connectivity index (χ0n) is 9.44. The molecule has 0 aliphatic heterocycles. The molecule has 0 saturated heterocycles. The van der Waals surface area contributed by atoms with Crippen molar-refractivity contribution in [1.29, 1.82) is 10.5 Å². The van der Waals surface area contributed by atoms with Crippen LogP contribution in [0.1, 0.15) is 12.8 Å². The lowest BCUT2D eigenvalue weighted by Crippen LogP contribution is -2.22. The number of aromatic nitrogens is 1. The SMILES string of the molecule is N#CCC[C@H](C#N)Cn1cc([N+](=O)[O-])ccc1=O. The molecule has 18 heavy (non-hydrogen) atoms. The number of rotatable bonds is 5. The lowest BCUT2D eigenvalue weighted by atomic mass is 10.1. The summed E-state index contributed by atoms with van der Waals surface area (Å²) in [6.07, 6.45) is 1.66. The molecule has 1 aromatic heterocycles. The van der Waals surface area contributed by atoms with Gasteiger partial charge in [-0.15, -0.1) is 0 Å². The molecule has 0 unspecified atom stereocenters. The van der Waals surface area contributed by atoms with Crippen LogP contribution in [-0.2, 0) is 6.54 Å². The van der Waals surface area contributed by atoms with Crippen molar-refractivity contribution in [2.75, 3.05) is 0 Å². The predicted octanol–water partition coefficient (Wildman–Crippen LogP) is 1.20. The molecule has 0 aliphatic rings. The number of pyridine rings is 1. The van der Waals surface area contributed by atoms with Gasteiger partial charge in [-0.2, -0.15) is 10.5 Å². The van der Waals surface area contributed by atoms with E-state index in [9.17, 15) is 14.9 Å². The summed E-state index contributed by atoms with van der Waals surface area (Å²) in [7, 11) is 0. The molecule has 0 N–H and O–H groups in total. The lowest BCUT2D eigenvalue weighted by Gasteiger charge is -2.09. The summed E-state index contributed by atoms with van der Waals surface area (Å²) >= 11 is 0. The summed E-state index contributed by atoms with van der Waals surface area (Å²) in [6, 6.07) is 6.11. The van der Waals surface area contributed by atoms with Gasteiger partial charge in [0.15, 0.2) is 0 Å². The topological polar surface area (TPSA) is 113 Å². The van der Waals surface area contributed by atoms with E-state index in [-0.39, 0.29) is 18.7 Å². The first-order chi connectivity index (χ1) is 8.58. The number of hydrogen-bond acceptors (Lipinski definition) is 5. The minimum Gasteiger partial charge on any atom is -0.308 e. The van der Waals surface area contributed by atoms with Crippen molar-refractivity contribution < 1.29 is 4.92 Å². The fourth-order valence-electron chi connectivity index (χ4n) is 1.44. The fourth-order valence-corrected chi connectivity index (χ4v) is 1.44. The molecule has 7 heteroatoms. The standard InChI is InChI=1S/C11H10N4O3/c12-5-1-2-9(6-13)7-14-8-10(15(17)18)3-4-11(14)16/h3-4,8-9H,1-2,7H2/t9-/m1/s1. The van der Waals surface area contributed by atoms with E-state index in [1.807, 2.05) is 12.1 Å². The van der Waals surface area contributed by atoms with Crippen molar-refractivity contribution in [2.24, 2.45) is 5.92 Å². The quantitative estimate of drug-likeness (QED) is 0.572. The van der Waals surface area contributed by atoms with Gasteiger partial charge in [0.25, 0.3) is 11.2 Å². The predicted molar refractivity (Wildman–Crippen MR) is 61.3 cm³/mol. The van der Waals surface area contributed by atoms with Crippen molar-refractivity contribution in [3.05, 3.63) is 38.8 Å². The Balaban J connectivity index is 2.93. The number of nitriles is 2. The molecular weight excluding hydrogens is 236 g/mol. The third-order valence-electron chi connectivity index (χ3n) is 2.38. The first-order valence-electron chi connectivity index (χ1n) is 5.20. The largest absolute Gasteiger partial charge is 0.308 e. The summed E-state index contributed by atoms with van der Waals surface area (Å²) in [5.41, 5.74) is -0.607. The Morgan fingerprint density at radius 2 is 2.17 bits per heavy atom. The fraction of sp³-hybridized carbons (Fsp3) is 0.364. The molecule has 0 aliphatic carbocycles. The van der Waals surface area contributed by atoms with E-state index in [0.717, 1.165) is 22.9 Å². The average Bonchev–Trinajstić information content (AvgIpc) is 2.36. The van der Waals surface area contributed by atoms with Gasteiger partial charge in [0.05, 0.1) is 29.2 Å². The maximum atomic E-state index is 11.5. The van der Waals surface area contributed by atoms with Crippen LogP contribution in [0.2, 0.25) is 0 Å². The second-order valence-corrected chi connectivity index (χ2v) is 3.66. The highest BCUT2D eigenvalue weighted by atomic mass is 16.6. The van der Waals surface area contributed by atoms with Gasteiger partial charge >= 0.3 is 0 Å². The van der Waals surface area contributed by atoms with Crippen molar-refractivity contribution in [3.8, 4) is 12.1 Å². The van der Waals surface area contributed by atoms with E-state index in [1.165, 1.54) is 0 Å². The molecule has 1 aromatic rings. The van der Waals surface area contributed by atoms with Crippen molar-refractivity contribution in [1.82, 2.24) is 4.57 Å². The summed E-state index contributed by atoms with van der Waals surface area (Å²) in [5, 5.41) is 27.9. The second-order valence-electron chi connectivity index (χ2n) is 3.66. The Bertz CT molecular complexity index is 579. The Kier molecular flexibility index (Phi) is 4.58. The molecule has 0 amide bonds. The van der Waals surface area contributed by atoms with Gasteiger partial charge in [0, 0.05) is 25.1 Å². The monoisotopic (exact) mass is 246 g/mol. The van der Waals surface area contributed by atoms with Crippen molar-refractivity contribution in [2.45, 2.75) is 19.4 Å². The Morgan fingerprint density at radius 1 is 1.44 bits per heavy atom. The number of nitro groups is 1. The Labute approximate surface area is 103 Å². The summed E-state index contributed by atoms with van der Waals surface area (Å²) in [6.45, 7) is 0.0543. The number of hydrogen-bond donors (Lipinski definition) is 0. The van der Waals surface area contributed by atoms with Gasteiger partial charge in [0.2, 0.25) is 0 Å². The van der Waals surface area contributed by atoms with Gasteiger partial charge in [-0.1, -0.05) is 0 Å². The van der Waals surface area contributed by atoms with E-state index in [4.69, 9.17) is 10.5 Å². The maximum absolute atomic E-state index is 11.5. The highest BCUT2D eigenvalue weighted by molar-refractivity contribution is 5.24. The first kappa shape index (κ1) is 13.4. The maximum Gasteiger partial charge on any atom is 0.285 e. The van der Waals surface area contributed by atoms with Gasteiger partial charge in [-0.25, -0.2) is 0 Å². The molecule has 0 fully saturated rings. The highest BCUT2D eigenvalue weighted by Gasteiger charge is 2.12. The molecule has 0 aromatic carbocycles. The van der Waals surface area contributed by atoms with Gasteiger partial charge < -0.3 is 4.57 Å². The Hall–Kier alpha value is -2.67. The van der Waals surface area contributed by atoms with E-state index in [2.05, 4.69) is 0 Å². The van der Waals surface area contributed by atoms with Crippen LogP contribution in [0.25, 0.3) is 0 Å². The molecule has 92 valence electrons. The third-order valence-corrected chi connectivity index (χ3v) is 2.38. The van der Waals surface area contributed by atoms with E-state index < -0.39 is 16.4 Å². The smallest absolute Gasteiger partial charge is 0.285 e. The van der Waals surface area contributed by atoms with Crippen LogP contribution in [0.3, 0.4) is 0 Å². The summed E-state index contributed by atoms with van der Waals surface area (Å²) < 4.78 is 1.13. The highest BCUT2D eigenvalue weighted by Crippen LogP contribution is 2.11. The van der Waals surface area contributed by atoms with E-state index in [1.54, 1.807) is 0 Å². The molecule has 0 saturated carbocycles. The van der Waals surface area contributed by atoms with Crippen LogP contribution >= 0.6 is 0 Å². The molecule has 1 rings (SSSR count). The van der Waals surface area contributed by atoms with Crippen molar-refractivity contribution in [3.63, 3.8) is 0 Å². The van der Waals surface area contributed by atoms with Gasteiger partial charge in [-0.05, 0) is 6.42 Å². The minimum atomic E-state index is -0.605. The first-order valence-corrected chi connectivity index (χ1v) is 5.20. The average molecular weight is 246 g/mol. The molecule has 1 heterocycles. The molecule has 7 nitrogen and oxygen atoms in total. The minimum absolute atomic E-state index is 0.0543. The normalized spacial score (nSPS) is 11.2. The van der Waals surface area contributed by atoms with Crippen LogP contribution in [-0.4, -0.2) is 9.49 Å². The van der Waals surface area contributed by atoms with Crippen molar-refractivity contribution >= 4 is 5.69 Å². The van der Waals surface area contributed by atoms with Crippen LogP contribution in [0.5, 0.6) is 0 Å². The zero-order chi connectivity index (χ0) is 13.5. The van der Waals surface area contributed by atoms with Crippen LogP contribution < -0.4 is 5.56 Å². The Morgan fingerprint density at radius 3 is 2.72 bits per heavy atom. The van der Waals surface area contributed by atoms with Crippen LogP contribution in [0.15, 0.2) is 23.1 Å². The number of nitrogens with zero attached hydrogens (tertiary/aromatic N) is 4. The van der Waals surface area contributed by atoms with E-state index in [0.29, 0.717) is 6.42 Å². The lowest BCUT2D eigenvalue weighted by molar-refractivity contribution is -0.385. The molecular formula is C11H10N4O3. The molecule has 1 atom stereocenters. The van der Waals surface area contributed by atoms with Crippen LogP contribution in [0.4, 0.5) is 5.69 Å².